The fourth-order valence-corrected chi connectivity index (χ4v) is 3.18. The quantitative estimate of drug-likeness (QED) is 0.939. The second-order valence-electron chi connectivity index (χ2n) is 5.40. The zero-order valence-electron chi connectivity index (χ0n) is 12.3. The van der Waals surface area contributed by atoms with Gasteiger partial charge in [0.25, 0.3) is 0 Å². The number of likely N-dealkylation sites (N-methyl/N-ethyl adjacent to an activating group) is 1. The molecular formula is C17H19ClN2O. The molecule has 1 aliphatic heterocycles. The van der Waals surface area contributed by atoms with Gasteiger partial charge in [-0.3, -0.25) is 4.98 Å². The van der Waals surface area contributed by atoms with E-state index in [0.717, 1.165) is 41.5 Å². The van der Waals surface area contributed by atoms with E-state index in [1.807, 2.05) is 31.4 Å². The van der Waals surface area contributed by atoms with Crippen molar-refractivity contribution in [2.24, 2.45) is 0 Å². The molecule has 0 amide bonds. The number of rotatable bonds is 4. The van der Waals surface area contributed by atoms with E-state index in [9.17, 15) is 0 Å². The van der Waals surface area contributed by atoms with E-state index in [1.54, 1.807) is 0 Å². The van der Waals surface area contributed by atoms with Crippen molar-refractivity contribution in [1.29, 1.82) is 0 Å². The molecule has 1 aromatic carbocycles. The minimum atomic E-state index is 0.151. The van der Waals surface area contributed by atoms with Crippen molar-refractivity contribution in [2.45, 2.75) is 25.8 Å². The SMILES string of the molecule is CNC(Cc1cc(Cl)cc2c1OCC2)c1ncccc1C. The zero-order valence-corrected chi connectivity index (χ0v) is 13.1. The molecule has 21 heavy (non-hydrogen) atoms. The molecule has 1 atom stereocenters. The van der Waals surface area contributed by atoms with Crippen molar-refractivity contribution in [2.75, 3.05) is 13.7 Å². The molecule has 0 bridgehead atoms. The fourth-order valence-electron chi connectivity index (χ4n) is 2.92. The zero-order chi connectivity index (χ0) is 14.8. The smallest absolute Gasteiger partial charge is 0.125 e. The number of benzene rings is 1. The summed E-state index contributed by atoms with van der Waals surface area (Å²) in [6, 6.07) is 8.22. The van der Waals surface area contributed by atoms with Gasteiger partial charge in [-0.05, 0) is 55.3 Å². The predicted octanol–water partition coefficient (Wildman–Crippen LogP) is 3.48. The lowest BCUT2D eigenvalue weighted by Gasteiger charge is -2.19. The van der Waals surface area contributed by atoms with Crippen LogP contribution in [-0.2, 0) is 12.8 Å². The Labute approximate surface area is 130 Å². The maximum absolute atomic E-state index is 6.24. The van der Waals surface area contributed by atoms with Crippen LogP contribution >= 0.6 is 11.6 Å². The molecular weight excluding hydrogens is 284 g/mol. The second-order valence-corrected chi connectivity index (χ2v) is 5.84. The van der Waals surface area contributed by atoms with Gasteiger partial charge in [0.1, 0.15) is 5.75 Å². The van der Waals surface area contributed by atoms with Crippen LogP contribution in [0.2, 0.25) is 5.02 Å². The van der Waals surface area contributed by atoms with E-state index < -0.39 is 0 Å². The third kappa shape index (κ3) is 2.89. The first-order valence-electron chi connectivity index (χ1n) is 7.22. The van der Waals surface area contributed by atoms with Crippen molar-refractivity contribution < 1.29 is 4.74 Å². The summed E-state index contributed by atoms with van der Waals surface area (Å²) < 4.78 is 5.79. The molecule has 110 valence electrons. The predicted molar refractivity (Wildman–Crippen MR) is 85.1 cm³/mol. The Morgan fingerprint density at radius 3 is 3.05 bits per heavy atom. The van der Waals surface area contributed by atoms with Gasteiger partial charge in [0.05, 0.1) is 18.3 Å². The van der Waals surface area contributed by atoms with Crippen molar-refractivity contribution >= 4 is 11.6 Å². The van der Waals surface area contributed by atoms with Crippen molar-refractivity contribution in [1.82, 2.24) is 10.3 Å². The molecule has 3 nitrogen and oxygen atoms in total. The van der Waals surface area contributed by atoms with Gasteiger partial charge in [-0.15, -0.1) is 0 Å². The molecule has 1 aromatic heterocycles. The molecule has 0 fully saturated rings. The lowest BCUT2D eigenvalue weighted by atomic mass is 9.97. The van der Waals surface area contributed by atoms with Crippen LogP contribution in [0.4, 0.5) is 0 Å². The normalized spacial score (nSPS) is 14.6. The van der Waals surface area contributed by atoms with Crippen LogP contribution in [0.15, 0.2) is 30.5 Å². The van der Waals surface area contributed by atoms with Gasteiger partial charge < -0.3 is 10.1 Å². The minimum absolute atomic E-state index is 0.151. The summed E-state index contributed by atoms with van der Waals surface area (Å²) in [6.07, 6.45) is 3.60. The lowest BCUT2D eigenvalue weighted by molar-refractivity contribution is 0.352. The number of halogens is 1. The van der Waals surface area contributed by atoms with Crippen LogP contribution in [0.5, 0.6) is 5.75 Å². The molecule has 0 saturated carbocycles. The Morgan fingerprint density at radius 2 is 2.29 bits per heavy atom. The molecule has 4 heteroatoms. The molecule has 2 aromatic rings. The number of nitrogens with one attached hydrogen (secondary N) is 1. The summed E-state index contributed by atoms with van der Waals surface area (Å²) >= 11 is 6.24. The van der Waals surface area contributed by atoms with E-state index in [1.165, 1.54) is 11.1 Å². The van der Waals surface area contributed by atoms with Crippen molar-refractivity contribution in [3.63, 3.8) is 0 Å². The minimum Gasteiger partial charge on any atom is -0.493 e. The number of aromatic nitrogens is 1. The first kappa shape index (κ1) is 14.4. The maximum Gasteiger partial charge on any atom is 0.125 e. The standard InChI is InChI=1S/C17H19ClN2O/c1-11-4-3-6-20-16(11)15(19-2)10-13-9-14(18)8-12-5-7-21-17(12)13/h3-4,6,8-9,15,19H,5,7,10H2,1-2H3. The topological polar surface area (TPSA) is 34.1 Å². The Balaban J connectivity index is 1.94. The van der Waals surface area contributed by atoms with E-state index in [2.05, 4.69) is 23.3 Å². The van der Waals surface area contributed by atoms with Gasteiger partial charge in [-0.2, -0.15) is 0 Å². The van der Waals surface area contributed by atoms with Gasteiger partial charge in [0.15, 0.2) is 0 Å². The van der Waals surface area contributed by atoms with E-state index in [-0.39, 0.29) is 6.04 Å². The largest absolute Gasteiger partial charge is 0.493 e. The number of hydrogen-bond acceptors (Lipinski definition) is 3. The van der Waals surface area contributed by atoms with Crippen LogP contribution < -0.4 is 10.1 Å². The highest BCUT2D eigenvalue weighted by Gasteiger charge is 2.21. The van der Waals surface area contributed by atoms with Crippen LogP contribution in [-0.4, -0.2) is 18.6 Å². The molecule has 3 rings (SSSR count). The van der Waals surface area contributed by atoms with Gasteiger partial charge in [-0.1, -0.05) is 17.7 Å². The second kappa shape index (κ2) is 6.04. The fraction of sp³-hybridized carbons (Fsp3) is 0.353. The van der Waals surface area contributed by atoms with Crippen LogP contribution in [0.1, 0.15) is 28.4 Å². The number of pyridine rings is 1. The molecule has 1 unspecified atom stereocenters. The van der Waals surface area contributed by atoms with Crippen molar-refractivity contribution in [3.05, 3.63) is 57.9 Å². The number of aryl methyl sites for hydroxylation is 1. The number of ether oxygens (including phenoxy) is 1. The lowest BCUT2D eigenvalue weighted by Crippen LogP contribution is -2.21. The maximum atomic E-state index is 6.24. The molecule has 0 aliphatic carbocycles. The van der Waals surface area contributed by atoms with Crippen LogP contribution in [0.3, 0.4) is 0 Å². The number of nitrogens with zero attached hydrogens (tertiary/aromatic N) is 1. The highest BCUT2D eigenvalue weighted by Crippen LogP contribution is 2.35. The molecule has 0 spiro atoms. The Bertz CT molecular complexity index is 657. The van der Waals surface area contributed by atoms with Gasteiger partial charge in [0, 0.05) is 17.6 Å². The first-order chi connectivity index (χ1) is 10.2. The van der Waals surface area contributed by atoms with E-state index >= 15 is 0 Å². The average Bonchev–Trinajstić information content (AvgIpc) is 2.93. The highest BCUT2D eigenvalue weighted by atomic mass is 35.5. The number of hydrogen-bond donors (Lipinski definition) is 1. The highest BCUT2D eigenvalue weighted by molar-refractivity contribution is 6.30. The molecule has 0 saturated heterocycles. The van der Waals surface area contributed by atoms with Gasteiger partial charge >= 0.3 is 0 Å². The molecule has 1 N–H and O–H groups in total. The Hall–Kier alpha value is -1.58. The summed E-state index contributed by atoms with van der Waals surface area (Å²) in [7, 11) is 1.96. The summed E-state index contributed by atoms with van der Waals surface area (Å²) in [5, 5.41) is 4.14. The molecule has 0 radical (unpaired) electrons. The molecule has 1 aliphatic rings. The third-order valence-electron chi connectivity index (χ3n) is 3.98. The summed E-state index contributed by atoms with van der Waals surface area (Å²) in [5.74, 6) is 1.01. The van der Waals surface area contributed by atoms with Gasteiger partial charge in [0.2, 0.25) is 0 Å². The van der Waals surface area contributed by atoms with Crippen LogP contribution in [0, 0.1) is 6.92 Å². The van der Waals surface area contributed by atoms with E-state index in [4.69, 9.17) is 16.3 Å². The van der Waals surface area contributed by atoms with Crippen LogP contribution in [0.25, 0.3) is 0 Å². The first-order valence-corrected chi connectivity index (χ1v) is 7.59. The summed E-state index contributed by atoms with van der Waals surface area (Å²) in [5.41, 5.74) is 4.63. The number of fused-ring (bicyclic) bond motifs is 1. The molecule has 2 heterocycles. The average molecular weight is 303 g/mol. The Kier molecular flexibility index (Phi) is 4.13. The van der Waals surface area contributed by atoms with E-state index in [0.29, 0.717) is 0 Å². The third-order valence-corrected chi connectivity index (χ3v) is 4.20. The van der Waals surface area contributed by atoms with Gasteiger partial charge in [-0.25, -0.2) is 0 Å². The summed E-state index contributed by atoms with van der Waals surface area (Å²) in [6.45, 7) is 2.83. The Morgan fingerprint density at radius 1 is 1.43 bits per heavy atom. The monoisotopic (exact) mass is 302 g/mol. The van der Waals surface area contributed by atoms with Crippen molar-refractivity contribution in [3.8, 4) is 5.75 Å². The summed E-state index contributed by atoms with van der Waals surface area (Å²) in [4.78, 5) is 4.53.